The maximum atomic E-state index is 13.4. The minimum absolute atomic E-state index is 0.0949. The predicted octanol–water partition coefficient (Wildman–Crippen LogP) is 2.93. The lowest BCUT2D eigenvalue weighted by atomic mass is 9.80. The van der Waals surface area contributed by atoms with Gasteiger partial charge in [0.15, 0.2) is 0 Å². The zero-order chi connectivity index (χ0) is 26.8. The molecule has 1 aliphatic rings. The van der Waals surface area contributed by atoms with Crippen LogP contribution in [0.2, 0.25) is 0 Å². The second-order valence-corrected chi connectivity index (χ2v) is 11.9. The van der Waals surface area contributed by atoms with E-state index in [1.165, 1.54) is 19.3 Å². The summed E-state index contributed by atoms with van der Waals surface area (Å²) in [7, 11) is 0. The van der Waals surface area contributed by atoms with Gasteiger partial charge in [-0.15, -0.1) is 11.3 Å². The Kier molecular flexibility index (Phi) is 12.8. The quantitative estimate of drug-likeness (QED) is 0.254. The van der Waals surface area contributed by atoms with Crippen molar-refractivity contribution >= 4 is 23.2 Å². The zero-order valence-corrected chi connectivity index (χ0v) is 23.5. The molecular formula is C27H48N4O4S. The number of rotatable bonds is 14. The third-order valence-corrected chi connectivity index (χ3v) is 8.79. The largest absolute Gasteiger partial charge is 0.390 e. The van der Waals surface area contributed by atoms with Crippen LogP contribution in [0.5, 0.6) is 0 Å². The molecule has 1 aromatic heterocycles. The Hall–Kier alpha value is -1.55. The van der Waals surface area contributed by atoms with Gasteiger partial charge in [0, 0.05) is 23.9 Å². The molecule has 0 saturated heterocycles. The van der Waals surface area contributed by atoms with Gasteiger partial charge >= 0.3 is 0 Å². The Bertz CT molecular complexity index is 811. The van der Waals surface area contributed by atoms with Crippen LogP contribution in [0.25, 0.3) is 0 Å². The minimum atomic E-state index is -1.31. The summed E-state index contributed by atoms with van der Waals surface area (Å²) in [4.78, 5) is 31.8. The van der Waals surface area contributed by atoms with Crippen LogP contribution in [-0.4, -0.2) is 57.8 Å². The molecule has 2 amide bonds. The van der Waals surface area contributed by atoms with Crippen molar-refractivity contribution in [3.05, 3.63) is 16.1 Å². The molecule has 0 radical (unpaired) electrons. The number of aliphatic hydroxyl groups excluding tert-OH is 2. The van der Waals surface area contributed by atoms with Gasteiger partial charge in [0.2, 0.25) is 11.8 Å². The number of thiazole rings is 1. The number of aliphatic hydroxyl groups is 2. The maximum absolute atomic E-state index is 13.4. The van der Waals surface area contributed by atoms with E-state index in [9.17, 15) is 19.8 Å². The van der Waals surface area contributed by atoms with E-state index in [0.29, 0.717) is 31.7 Å². The van der Waals surface area contributed by atoms with Gasteiger partial charge in [-0.2, -0.15) is 0 Å². The number of aromatic nitrogens is 1. The number of nitrogens with one attached hydrogen (secondary N) is 2. The zero-order valence-electron chi connectivity index (χ0n) is 22.7. The second kappa shape index (κ2) is 15.0. The summed E-state index contributed by atoms with van der Waals surface area (Å²) in [6.07, 6.45) is 5.30. The van der Waals surface area contributed by atoms with Crippen molar-refractivity contribution in [2.24, 2.45) is 29.4 Å². The number of aryl methyl sites for hydroxylation is 1. The number of hydrogen-bond acceptors (Lipinski definition) is 7. The van der Waals surface area contributed by atoms with E-state index < -0.39 is 36.1 Å². The van der Waals surface area contributed by atoms with E-state index >= 15 is 0 Å². The Labute approximate surface area is 220 Å². The Morgan fingerprint density at radius 3 is 2.36 bits per heavy atom. The van der Waals surface area contributed by atoms with Crippen LogP contribution < -0.4 is 16.4 Å². The van der Waals surface area contributed by atoms with Crippen molar-refractivity contribution in [3.63, 3.8) is 0 Å². The van der Waals surface area contributed by atoms with E-state index in [4.69, 9.17) is 5.73 Å². The summed E-state index contributed by atoms with van der Waals surface area (Å²) in [6.45, 7) is 9.97. The molecule has 206 valence electrons. The van der Waals surface area contributed by atoms with Crippen LogP contribution in [0.4, 0.5) is 0 Å². The molecule has 6 atom stereocenters. The number of carbonyl (C=O) groups is 2. The molecule has 1 saturated carbocycles. The van der Waals surface area contributed by atoms with Crippen LogP contribution in [0, 0.1) is 30.6 Å². The first-order valence-corrected chi connectivity index (χ1v) is 14.5. The summed E-state index contributed by atoms with van der Waals surface area (Å²) in [5, 5.41) is 27.8. The lowest BCUT2D eigenvalue weighted by Crippen LogP contribution is -2.56. The van der Waals surface area contributed by atoms with Gasteiger partial charge in [-0.05, 0) is 31.1 Å². The summed E-state index contributed by atoms with van der Waals surface area (Å²) in [5.41, 5.74) is 9.06. The first-order valence-electron chi connectivity index (χ1n) is 13.6. The highest BCUT2D eigenvalue weighted by atomic mass is 32.1. The van der Waals surface area contributed by atoms with Crippen molar-refractivity contribution in [2.75, 3.05) is 6.54 Å². The van der Waals surface area contributed by atoms with Gasteiger partial charge < -0.3 is 26.6 Å². The molecule has 1 heterocycles. The Morgan fingerprint density at radius 2 is 1.81 bits per heavy atom. The fourth-order valence-corrected chi connectivity index (χ4v) is 5.97. The molecule has 9 heteroatoms. The average Bonchev–Trinajstić information content (AvgIpc) is 3.26. The fourth-order valence-electron chi connectivity index (χ4n) is 5.19. The molecule has 0 aliphatic heterocycles. The van der Waals surface area contributed by atoms with E-state index in [2.05, 4.69) is 15.6 Å². The van der Waals surface area contributed by atoms with Crippen LogP contribution in [-0.2, 0) is 16.0 Å². The normalized spacial score (nSPS) is 19.8. The average molecular weight is 525 g/mol. The van der Waals surface area contributed by atoms with Gasteiger partial charge in [0.05, 0.1) is 29.3 Å². The van der Waals surface area contributed by atoms with Crippen molar-refractivity contribution in [1.29, 1.82) is 0 Å². The van der Waals surface area contributed by atoms with E-state index in [1.54, 1.807) is 16.8 Å². The van der Waals surface area contributed by atoms with Gasteiger partial charge in [-0.3, -0.25) is 9.59 Å². The molecule has 0 spiro atoms. The van der Waals surface area contributed by atoms with Gasteiger partial charge in [0.1, 0.15) is 6.04 Å². The maximum Gasteiger partial charge on any atom is 0.242 e. The molecule has 1 aliphatic carbocycles. The van der Waals surface area contributed by atoms with Gasteiger partial charge in [-0.1, -0.05) is 66.2 Å². The molecule has 2 rings (SSSR count). The smallest absolute Gasteiger partial charge is 0.242 e. The Morgan fingerprint density at radius 1 is 1.14 bits per heavy atom. The molecule has 1 aromatic rings. The van der Waals surface area contributed by atoms with Crippen LogP contribution in [0.15, 0.2) is 5.51 Å². The summed E-state index contributed by atoms with van der Waals surface area (Å²) in [6, 6.07) is -1.33. The Balaban J connectivity index is 2.01. The van der Waals surface area contributed by atoms with E-state index in [1.807, 2.05) is 34.6 Å². The van der Waals surface area contributed by atoms with Crippen molar-refractivity contribution in [1.82, 2.24) is 15.6 Å². The number of nitrogens with two attached hydrogens (primary N) is 1. The highest BCUT2D eigenvalue weighted by Crippen LogP contribution is 2.29. The van der Waals surface area contributed by atoms with Crippen LogP contribution in [0.3, 0.4) is 0 Å². The molecule has 0 unspecified atom stereocenters. The van der Waals surface area contributed by atoms with Crippen molar-refractivity contribution in [2.45, 2.75) is 110 Å². The van der Waals surface area contributed by atoms with Crippen LogP contribution >= 0.6 is 11.3 Å². The molecule has 36 heavy (non-hydrogen) atoms. The first kappa shape index (κ1) is 30.7. The third kappa shape index (κ3) is 8.78. The third-order valence-electron chi connectivity index (χ3n) is 7.80. The molecule has 6 N–H and O–H groups in total. The second-order valence-electron chi connectivity index (χ2n) is 10.9. The van der Waals surface area contributed by atoms with Crippen molar-refractivity contribution in [3.8, 4) is 0 Å². The monoisotopic (exact) mass is 524 g/mol. The fraction of sp³-hybridized carbons (Fsp3) is 0.815. The molecule has 1 fully saturated rings. The SMILES string of the molecule is CC[C@H](C)[C@H](NC(=O)[C@H](C(C)C)[C@@H](O)[C@H](O)[C@@H](N)CC1CCCCC1)C(=O)NCCc1scnc1C. The van der Waals surface area contributed by atoms with Gasteiger partial charge in [-0.25, -0.2) is 4.98 Å². The molecule has 8 nitrogen and oxygen atoms in total. The highest BCUT2D eigenvalue weighted by Gasteiger charge is 2.39. The first-order chi connectivity index (χ1) is 17.1. The van der Waals surface area contributed by atoms with Gasteiger partial charge in [0.25, 0.3) is 0 Å². The highest BCUT2D eigenvalue weighted by molar-refractivity contribution is 7.09. The number of nitrogens with zero attached hydrogens (tertiary/aromatic N) is 1. The molecule has 0 aromatic carbocycles. The standard InChI is InChI=1S/C27H48N4O4S/c1-6-17(4)23(27(35)29-13-12-21-18(5)30-15-36-21)31-26(34)22(16(2)3)25(33)24(32)20(28)14-19-10-8-7-9-11-19/h15-17,19-20,22-25,32-33H,6-14,28H2,1-5H3,(H,29,35)(H,31,34)/t17-,20-,22+,23-,24+,25+/m0/s1. The lowest BCUT2D eigenvalue weighted by Gasteiger charge is -2.34. The molecule has 0 bridgehead atoms. The number of carbonyl (C=O) groups excluding carboxylic acids is 2. The minimum Gasteiger partial charge on any atom is -0.390 e. The van der Waals surface area contributed by atoms with E-state index in [-0.39, 0.29) is 17.7 Å². The van der Waals surface area contributed by atoms with Crippen molar-refractivity contribution < 1.29 is 19.8 Å². The number of hydrogen-bond donors (Lipinski definition) is 5. The predicted molar refractivity (Wildman–Crippen MR) is 144 cm³/mol. The summed E-state index contributed by atoms with van der Waals surface area (Å²) < 4.78 is 0. The number of amides is 2. The lowest BCUT2D eigenvalue weighted by molar-refractivity contribution is -0.139. The van der Waals surface area contributed by atoms with E-state index in [0.717, 1.165) is 23.4 Å². The summed E-state index contributed by atoms with van der Waals surface area (Å²) in [5.74, 6) is -1.44. The van der Waals surface area contributed by atoms with Crippen LogP contribution in [0.1, 0.15) is 83.2 Å². The molecular weight excluding hydrogens is 476 g/mol. The topological polar surface area (TPSA) is 138 Å². The summed E-state index contributed by atoms with van der Waals surface area (Å²) >= 11 is 1.56.